The highest BCUT2D eigenvalue weighted by Gasteiger charge is 2.45. The number of carbonyl (C=O) groups excluding carboxylic acids is 12. The van der Waals surface area contributed by atoms with E-state index in [4.69, 9.17) is 28.4 Å². The number of hydrogen-bond donors (Lipinski definition) is 0. The van der Waals surface area contributed by atoms with E-state index < -0.39 is 71.1 Å². The van der Waals surface area contributed by atoms with Crippen molar-refractivity contribution in [1.29, 1.82) is 0 Å². The zero-order valence-corrected chi connectivity index (χ0v) is 77.0. The fourth-order valence-corrected chi connectivity index (χ4v) is 23.0. The number of fused-ring (bicyclic) bond motifs is 6. The molecule has 0 atom stereocenters. The first-order valence-electron chi connectivity index (χ1n) is 48.7. The normalized spacial score (nSPS) is 15.4. The van der Waals surface area contributed by atoms with E-state index >= 15 is 38.4 Å². The summed E-state index contributed by atoms with van der Waals surface area (Å²) in [6.45, 7) is 8.91. The Labute approximate surface area is 791 Å². The summed E-state index contributed by atoms with van der Waals surface area (Å²) in [5, 5.41) is 14.5. The van der Waals surface area contributed by atoms with Crippen molar-refractivity contribution in [3.8, 4) is 23.0 Å². The van der Waals surface area contributed by atoms with Gasteiger partial charge in [-0.2, -0.15) is 0 Å². The Morgan fingerprint density at radius 1 is 0.261 bits per heavy atom. The van der Waals surface area contributed by atoms with Crippen LogP contribution in [0.5, 0.6) is 23.0 Å². The Morgan fingerprint density at radius 2 is 0.514 bits per heavy atom. The van der Waals surface area contributed by atoms with E-state index in [1.54, 1.807) is 97.1 Å². The van der Waals surface area contributed by atoms with Crippen molar-refractivity contribution < 1.29 is 86.0 Å². The molecule has 4 aliphatic heterocycles. The summed E-state index contributed by atoms with van der Waals surface area (Å²) in [5.74, 6) is -4.56. The third-order valence-corrected chi connectivity index (χ3v) is 29.8. The molecule has 17 aromatic carbocycles. The standard InChI is InChI=1S/C116H96N4O18/c1-5-9-55-133-113(129)83-47-35-71-67-31-41-77-95-78(42-32-68(91(67)95)72-36-48-84(99(83)93(71)72)114(130)134-56-10-6-2)106(122)117(105(77)121)53-51-61-23-27-65(28-24-61)137-89-59-87-97-81(109(125)119(111(87)127)63-19-15-13-16-20-63)46-40-76-102-90(60-88-98-82(45-39-75(104(98)102)101(89)103(76)97)110(126)120(112(88)128)64-21-17-14-18-22-64)138-66-29-25-62(26-30-66)52-54-118-107(123)79-43-33-69-73-37-49-85(115(131)135-57-11-7-3)100-86(116(132)136-58-12-8-4)50-38-74(94(73)100)70-34-44-80(108(118)124)96(79)92(69)70/h23-50,59-60,63-64H,5-22,51-58H2,1-4H3. The van der Waals surface area contributed by atoms with Crippen LogP contribution in [-0.2, 0) is 31.8 Å². The summed E-state index contributed by atoms with van der Waals surface area (Å²) in [7, 11) is 0. The Bertz CT molecular complexity index is 7470. The van der Waals surface area contributed by atoms with E-state index in [1.165, 1.54) is 19.6 Å². The van der Waals surface area contributed by atoms with Crippen LogP contribution in [0.1, 0.15) is 279 Å². The molecule has 6 aliphatic rings. The maximum atomic E-state index is 15.7. The molecule has 0 spiro atoms. The Balaban J connectivity index is 0.571. The molecule has 0 radical (unpaired) electrons. The van der Waals surface area contributed by atoms with Gasteiger partial charge in [-0.05, 0) is 248 Å². The van der Waals surface area contributed by atoms with Crippen LogP contribution in [0.2, 0.25) is 0 Å². The largest absolute Gasteiger partial charge is 0.462 e. The van der Waals surface area contributed by atoms with Gasteiger partial charge >= 0.3 is 23.9 Å². The molecular weight excluding hydrogens is 1740 g/mol. The lowest BCUT2D eigenvalue weighted by Crippen LogP contribution is -2.48. The van der Waals surface area contributed by atoms with Gasteiger partial charge in [0.1, 0.15) is 23.0 Å². The maximum absolute atomic E-state index is 15.7. The zero-order chi connectivity index (χ0) is 94.5. The molecule has 688 valence electrons. The van der Waals surface area contributed by atoms with Gasteiger partial charge in [0.15, 0.2) is 0 Å². The number of unbranched alkanes of at least 4 members (excludes halogenated alkanes) is 4. The topological polar surface area (TPSA) is 273 Å². The van der Waals surface area contributed by atoms with Crippen molar-refractivity contribution >= 4 is 200 Å². The molecular formula is C116H96N4O18. The first-order valence-corrected chi connectivity index (χ1v) is 48.7. The molecule has 2 aliphatic carbocycles. The Hall–Kier alpha value is -15.3. The van der Waals surface area contributed by atoms with E-state index in [9.17, 15) is 19.2 Å². The first kappa shape index (κ1) is 86.8. The predicted octanol–water partition coefficient (Wildman–Crippen LogP) is 24.8. The van der Waals surface area contributed by atoms with E-state index in [0.29, 0.717) is 182 Å². The number of esters is 4. The molecule has 8 amide bonds. The SMILES string of the molecule is CCCCOC(=O)c1ccc2c3ccc4c5c(ccc(c6ccc(C(=O)OCCCC)c1c26)c53)C(=O)N(CCc1ccc(Oc2cc3c5c(ccc6c7c(Oc8ccc(CCN9C(=O)c%10ccc%11c%12ccc(C(=O)OCCCC)c%13c(C(=O)OCCCC)ccc(c%14ccc(c%10c%11%14)C9=O)c%13%12)cc8)cc8c9c(ccc(c2c56)c97)C(=O)N(C2CCCCC2)C8=O)C(=O)N(C2CCCCC2)C3=O)cc1)C4=O. The fourth-order valence-electron chi connectivity index (χ4n) is 23.0. The molecule has 138 heavy (non-hydrogen) atoms. The molecule has 22 nitrogen and oxygen atoms in total. The summed E-state index contributed by atoms with van der Waals surface area (Å²) in [4.78, 5) is 184. The summed E-state index contributed by atoms with van der Waals surface area (Å²) >= 11 is 0. The number of benzene rings is 17. The molecule has 0 bridgehead atoms. The quantitative estimate of drug-likeness (QED) is 0.0110. The first-order chi connectivity index (χ1) is 67.4. The number of imide groups is 4. The molecule has 17 aromatic rings. The number of amides is 8. The van der Waals surface area contributed by atoms with Crippen molar-refractivity contribution in [2.75, 3.05) is 39.5 Å². The van der Waals surface area contributed by atoms with Gasteiger partial charge in [0.05, 0.1) is 59.8 Å². The van der Waals surface area contributed by atoms with Gasteiger partial charge in [-0.3, -0.25) is 58.0 Å². The number of nitrogens with zero attached hydrogens (tertiary/aromatic N) is 4. The smallest absolute Gasteiger partial charge is 0.338 e. The summed E-state index contributed by atoms with van der Waals surface area (Å²) in [6, 6.07) is 53.2. The van der Waals surface area contributed by atoms with Gasteiger partial charge in [0.2, 0.25) is 0 Å². The molecule has 4 heterocycles. The van der Waals surface area contributed by atoms with Crippen LogP contribution in [0, 0.1) is 0 Å². The van der Waals surface area contributed by atoms with Crippen LogP contribution in [0.3, 0.4) is 0 Å². The van der Waals surface area contributed by atoms with E-state index in [-0.39, 0.29) is 109 Å². The number of rotatable bonds is 28. The number of hydrogen-bond acceptors (Lipinski definition) is 18. The molecule has 0 aromatic heterocycles. The molecule has 0 saturated heterocycles. The second kappa shape index (κ2) is 34.5. The minimum absolute atomic E-state index is 0.0165. The highest BCUT2D eigenvalue weighted by Crippen LogP contribution is 2.56. The Kier molecular flexibility index (Phi) is 21.7. The highest BCUT2D eigenvalue weighted by molar-refractivity contribution is 6.46. The van der Waals surface area contributed by atoms with Crippen LogP contribution < -0.4 is 9.47 Å². The lowest BCUT2D eigenvalue weighted by atomic mass is 9.80. The molecule has 2 fully saturated rings. The third-order valence-electron chi connectivity index (χ3n) is 29.8. The maximum Gasteiger partial charge on any atom is 0.338 e. The van der Waals surface area contributed by atoms with Gasteiger partial charge in [0, 0.05) is 112 Å². The highest BCUT2D eigenvalue weighted by atomic mass is 16.5. The van der Waals surface area contributed by atoms with Crippen LogP contribution >= 0.6 is 0 Å². The molecule has 2 saturated carbocycles. The minimum Gasteiger partial charge on any atom is -0.462 e. The van der Waals surface area contributed by atoms with Crippen LogP contribution in [0.4, 0.5) is 0 Å². The summed E-state index contributed by atoms with van der Waals surface area (Å²) in [5.41, 5.74) is 5.06. The van der Waals surface area contributed by atoms with E-state index in [2.05, 4.69) is 0 Å². The van der Waals surface area contributed by atoms with Crippen LogP contribution in [-0.4, -0.2) is 142 Å². The molecule has 0 unspecified atom stereocenters. The molecule has 22 heteroatoms. The second-order valence-electron chi connectivity index (χ2n) is 37.7. The van der Waals surface area contributed by atoms with Crippen LogP contribution in [0.25, 0.3) is 129 Å². The van der Waals surface area contributed by atoms with Crippen molar-refractivity contribution in [3.63, 3.8) is 0 Å². The lowest BCUT2D eigenvalue weighted by molar-refractivity contribution is 0.0485. The minimum atomic E-state index is -0.557. The van der Waals surface area contributed by atoms with E-state index in [1.807, 2.05) is 113 Å². The van der Waals surface area contributed by atoms with Crippen molar-refractivity contribution in [2.45, 2.75) is 168 Å². The van der Waals surface area contributed by atoms with Gasteiger partial charge in [-0.1, -0.05) is 177 Å². The molecule has 0 N–H and O–H groups in total. The second-order valence-corrected chi connectivity index (χ2v) is 37.7. The number of carbonyl (C=O) groups is 12. The van der Waals surface area contributed by atoms with Gasteiger partial charge in [-0.15, -0.1) is 0 Å². The van der Waals surface area contributed by atoms with Crippen molar-refractivity contribution in [2.24, 2.45) is 0 Å². The van der Waals surface area contributed by atoms with Crippen molar-refractivity contribution in [1.82, 2.24) is 19.6 Å². The van der Waals surface area contributed by atoms with Gasteiger partial charge < -0.3 is 28.4 Å². The molecule has 23 rings (SSSR count). The fraction of sp³-hybridized carbons (Fsp3) is 0.276. The van der Waals surface area contributed by atoms with Gasteiger partial charge in [-0.25, -0.2) is 19.2 Å². The lowest BCUT2D eigenvalue weighted by Gasteiger charge is -2.37. The van der Waals surface area contributed by atoms with Crippen LogP contribution in [0.15, 0.2) is 182 Å². The Morgan fingerprint density at radius 3 is 0.804 bits per heavy atom. The predicted molar refractivity (Wildman–Crippen MR) is 530 cm³/mol. The number of ether oxygens (including phenoxy) is 6. The van der Waals surface area contributed by atoms with E-state index in [0.717, 1.165) is 118 Å². The van der Waals surface area contributed by atoms with Crippen molar-refractivity contribution in [3.05, 3.63) is 260 Å². The average Bonchev–Trinajstić information content (AvgIpc) is 0.676. The monoisotopic (exact) mass is 1830 g/mol. The van der Waals surface area contributed by atoms with Gasteiger partial charge in [0.25, 0.3) is 47.3 Å². The summed E-state index contributed by atoms with van der Waals surface area (Å²) < 4.78 is 37.5. The average molecular weight is 1830 g/mol. The third kappa shape index (κ3) is 13.6. The summed E-state index contributed by atoms with van der Waals surface area (Å²) in [6.07, 6.45) is 14.4. The zero-order valence-electron chi connectivity index (χ0n) is 77.0.